The quantitative estimate of drug-likeness (QED) is 0.510. The van der Waals surface area contributed by atoms with E-state index < -0.39 is 0 Å². The summed E-state index contributed by atoms with van der Waals surface area (Å²) in [6, 6.07) is 0. The van der Waals surface area contributed by atoms with Crippen molar-refractivity contribution in [1.82, 2.24) is 4.98 Å². The van der Waals surface area contributed by atoms with Crippen LogP contribution in [0.25, 0.3) is 0 Å². The van der Waals surface area contributed by atoms with Gasteiger partial charge in [-0.2, -0.15) is 0 Å². The van der Waals surface area contributed by atoms with Crippen molar-refractivity contribution in [3.8, 4) is 0 Å². The predicted molar refractivity (Wildman–Crippen MR) is 45.7 cm³/mol. The molecule has 0 unspecified atom stereocenters. The third-order valence-electron chi connectivity index (χ3n) is 0.985. The molecule has 0 aliphatic rings. The molecule has 0 saturated heterocycles. The number of thiocarbonyl (C=S) groups is 1. The molecule has 2 nitrogen and oxygen atoms in total. The molecular formula is C6H6N2S2. The van der Waals surface area contributed by atoms with Crippen molar-refractivity contribution in [2.45, 2.75) is 6.42 Å². The largest absolute Gasteiger partial charge is 0.250 e. The van der Waals surface area contributed by atoms with E-state index in [1.54, 1.807) is 17.5 Å². The van der Waals surface area contributed by atoms with Gasteiger partial charge in [0.2, 0.25) is 0 Å². The first kappa shape index (κ1) is 7.54. The molecule has 0 aliphatic carbocycles. The first-order chi connectivity index (χ1) is 4.93. The van der Waals surface area contributed by atoms with Crippen LogP contribution in [0.1, 0.15) is 5.01 Å². The monoisotopic (exact) mass is 170 g/mol. The second-order valence-electron chi connectivity index (χ2n) is 1.65. The van der Waals surface area contributed by atoms with E-state index in [1.165, 1.54) is 0 Å². The lowest BCUT2D eigenvalue weighted by molar-refractivity contribution is 0.960. The minimum Gasteiger partial charge on any atom is -0.250 e. The minimum atomic E-state index is 0.705. The van der Waals surface area contributed by atoms with E-state index >= 15 is 0 Å². The van der Waals surface area contributed by atoms with Crippen LogP contribution >= 0.6 is 23.6 Å². The zero-order valence-electron chi connectivity index (χ0n) is 5.28. The number of aromatic nitrogens is 1. The third kappa shape index (κ3) is 2.35. The number of hydrogen-bond donors (Lipinski definition) is 0. The standard InChI is InChI=1S/C6H6N2S2/c9-5-7-2-1-6-8-3-4-10-6/h3-4H,1-2H2. The van der Waals surface area contributed by atoms with E-state index in [4.69, 9.17) is 0 Å². The average molecular weight is 170 g/mol. The molecule has 0 aromatic carbocycles. The molecule has 0 amide bonds. The van der Waals surface area contributed by atoms with Crippen LogP contribution in [-0.4, -0.2) is 16.7 Å². The van der Waals surface area contributed by atoms with Gasteiger partial charge in [0.25, 0.3) is 0 Å². The number of aliphatic imine (C=N–C) groups is 1. The Morgan fingerprint density at radius 3 is 3.30 bits per heavy atom. The molecular weight excluding hydrogens is 164 g/mol. The normalized spacial score (nSPS) is 8.80. The van der Waals surface area contributed by atoms with Gasteiger partial charge in [0.1, 0.15) is 0 Å². The summed E-state index contributed by atoms with van der Waals surface area (Å²) >= 11 is 6.05. The van der Waals surface area contributed by atoms with E-state index in [-0.39, 0.29) is 0 Å². The highest BCUT2D eigenvalue weighted by atomic mass is 32.1. The van der Waals surface area contributed by atoms with Gasteiger partial charge in [-0.3, -0.25) is 0 Å². The number of rotatable bonds is 3. The number of thiazole rings is 1. The number of hydrogen-bond acceptors (Lipinski definition) is 4. The Morgan fingerprint density at radius 1 is 1.80 bits per heavy atom. The topological polar surface area (TPSA) is 25.2 Å². The summed E-state index contributed by atoms with van der Waals surface area (Å²) in [6.45, 7) is 0.705. The first-order valence-corrected chi connectivity index (χ1v) is 4.14. The Hall–Kier alpha value is -0.570. The zero-order chi connectivity index (χ0) is 7.23. The Labute approximate surface area is 68.6 Å². The molecule has 1 aromatic heterocycles. The van der Waals surface area contributed by atoms with Crippen molar-refractivity contribution in [3.63, 3.8) is 0 Å². The molecule has 0 N–H and O–H groups in total. The first-order valence-electron chi connectivity index (χ1n) is 2.85. The molecule has 1 aromatic rings. The maximum atomic E-state index is 4.41. The molecule has 0 atom stereocenters. The average Bonchev–Trinajstić information content (AvgIpc) is 2.41. The molecule has 10 heavy (non-hydrogen) atoms. The van der Waals surface area contributed by atoms with Crippen LogP contribution in [-0.2, 0) is 6.42 Å². The summed E-state index contributed by atoms with van der Waals surface area (Å²) in [7, 11) is 0. The fourth-order valence-corrected chi connectivity index (χ4v) is 1.27. The fourth-order valence-electron chi connectivity index (χ4n) is 0.574. The maximum Gasteiger partial charge on any atom is 0.0943 e. The van der Waals surface area contributed by atoms with Gasteiger partial charge in [-0.1, -0.05) is 0 Å². The smallest absolute Gasteiger partial charge is 0.0943 e. The fraction of sp³-hybridized carbons (Fsp3) is 0.333. The van der Waals surface area contributed by atoms with Crippen molar-refractivity contribution in [2.75, 3.05) is 6.54 Å². The van der Waals surface area contributed by atoms with Crippen molar-refractivity contribution >= 4 is 28.7 Å². The summed E-state index contributed by atoms with van der Waals surface area (Å²) in [5.74, 6) is 0. The number of nitrogens with zero attached hydrogens (tertiary/aromatic N) is 2. The van der Waals surface area contributed by atoms with Crippen LogP contribution in [0.4, 0.5) is 0 Å². The third-order valence-corrected chi connectivity index (χ3v) is 1.95. The van der Waals surface area contributed by atoms with Crippen LogP contribution in [0.5, 0.6) is 0 Å². The SMILES string of the molecule is S=C=NCCc1nccs1. The molecule has 0 bridgehead atoms. The maximum absolute atomic E-state index is 4.41. The Kier molecular flexibility index (Phi) is 3.22. The summed E-state index contributed by atoms with van der Waals surface area (Å²) in [6.07, 6.45) is 2.67. The van der Waals surface area contributed by atoms with Crippen LogP contribution in [0.2, 0.25) is 0 Å². The van der Waals surface area contributed by atoms with Crippen LogP contribution < -0.4 is 0 Å². The highest BCUT2D eigenvalue weighted by Gasteiger charge is 1.91. The van der Waals surface area contributed by atoms with Crippen molar-refractivity contribution in [2.24, 2.45) is 4.99 Å². The molecule has 1 heterocycles. The summed E-state index contributed by atoms with van der Waals surface area (Å²) in [5.41, 5.74) is 0. The van der Waals surface area contributed by atoms with Gasteiger partial charge in [-0.25, -0.2) is 9.98 Å². The van der Waals surface area contributed by atoms with Crippen LogP contribution in [0.15, 0.2) is 16.6 Å². The predicted octanol–water partition coefficient (Wildman–Crippen LogP) is 1.79. The van der Waals surface area contributed by atoms with E-state index in [1.807, 2.05) is 5.38 Å². The lowest BCUT2D eigenvalue weighted by atomic mass is 10.5. The van der Waals surface area contributed by atoms with Gasteiger partial charge in [-0.15, -0.1) is 11.3 Å². The highest BCUT2D eigenvalue weighted by Crippen LogP contribution is 2.03. The van der Waals surface area contributed by atoms with Gasteiger partial charge in [-0.05, 0) is 12.2 Å². The summed E-state index contributed by atoms with van der Waals surface area (Å²) < 4.78 is 0. The molecule has 0 radical (unpaired) electrons. The van der Waals surface area contributed by atoms with Gasteiger partial charge >= 0.3 is 0 Å². The molecule has 0 fully saturated rings. The van der Waals surface area contributed by atoms with Crippen LogP contribution in [0, 0.1) is 0 Å². The second-order valence-corrected chi connectivity index (χ2v) is 2.81. The van der Waals surface area contributed by atoms with E-state index in [9.17, 15) is 0 Å². The van der Waals surface area contributed by atoms with Gasteiger partial charge in [0.15, 0.2) is 0 Å². The number of isothiocyanates is 1. The Balaban J connectivity index is 2.34. The zero-order valence-corrected chi connectivity index (χ0v) is 6.91. The molecule has 0 saturated carbocycles. The molecule has 0 aliphatic heterocycles. The van der Waals surface area contributed by atoms with Crippen molar-refractivity contribution in [1.29, 1.82) is 0 Å². The van der Waals surface area contributed by atoms with Gasteiger partial charge in [0, 0.05) is 18.0 Å². The highest BCUT2D eigenvalue weighted by molar-refractivity contribution is 7.78. The van der Waals surface area contributed by atoms with Gasteiger partial charge < -0.3 is 0 Å². The van der Waals surface area contributed by atoms with E-state index in [0.29, 0.717) is 6.54 Å². The summed E-state index contributed by atoms with van der Waals surface area (Å²) in [4.78, 5) is 7.86. The van der Waals surface area contributed by atoms with E-state index in [2.05, 4.69) is 27.4 Å². The molecule has 4 heteroatoms. The minimum absolute atomic E-state index is 0.705. The van der Waals surface area contributed by atoms with Crippen LogP contribution in [0.3, 0.4) is 0 Å². The Bertz CT molecular complexity index is 224. The Morgan fingerprint density at radius 2 is 2.70 bits per heavy atom. The lowest BCUT2D eigenvalue weighted by Crippen LogP contribution is -1.85. The molecule has 1 rings (SSSR count). The molecule has 0 spiro atoms. The summed E-state index contributed by atoms with van der Waals surface area (Å²) in [5, 5.41) is 5.38. The van der Waals surface area contributed by atoms with Gasteiger partial charge in [0.05, 0.1) is 16.7 Å². The van der Waals surface area contributed by atoms with E-state index in [0.717, 1.165) is 11.4 Å². The molecule has 52 valence electrons. The van der Waals surface area contributed by atoms with Crippen molar-refractivity contribution in [3.05, 3.63) is 16.6 Å². The lowest BCUT2D eigenvalue weighted by Gasteiger charge is -1.85. The van der Waals surface area contributed by atoms with Crippen molar-refractivity contribution < 1.29 is 0 Å². The second kappa shape index (κ2) is 4.28.